The van der Waals surface area contributed by atoms with E-state index in [1.54, 1.807) is 0 Å². The highest BCUT2D eigenvalue weighted by atomic mass is 14.0. The first kappa shape index (κ1) is 19.2. The highest BCUT2D eigenvalue weighted by Crippen LogP contribution is 2.22. The molecule has 2 aromatic rings. The van der Waals surface area contributed by atoms with Crippen LogP contribution in [0.5, 0.6) is 0 Å². The van der Waals surface area contributed by atoms with Gasteiger partial charge in [-0.05, 0) is 42.0 Å². The van der Waals surface area contributed by atoms with Gasteiger partial charge in [-0.25, -0.2) is 0 Å². The normalized spacial score (nSPS) is 9.91. The summed E-state index contributed by atoms with van der Waals surface area (Å²) >= 11 is 0. The van der Waals surface area contributed by atoms with Gasteiger partial charge in [0.15, 0.2) is 0 Å². The molecule has 0 N–H and O–H groups in total. The molecule has 0 aliphatic heterocycles. The molecule has 0 nitrogen and oxygen atoms in total. The predicted octanol–water partition coefficient (Wildman–Crippen LogP) is 7.54. The molecule has 0 saturated carbocycles. The molecule has 0 unspecified atom stereocenters. The van der Waals surface area contributed by atoms with Crippen molar-refractivity contribution in [2.75, 3.05) is 0 Å². The first-order valence-electron chi connectivity index (χ1n) is 9.06. The first-order chi connectivity index (χ1) is 11.2. The molecule has 0 aliphatic rings. The molecule has 0 heteroatoms. The van der Waals surface area contributed by atoms with Gasteiger partial charge in [-0.3, -0.25) is 0 Å². The standard InChI is InChI=1S/C21H26.C2H6/c1-4-5-6-7-8-18-9-11-20(12-10-18)21-15-13-19(14-16-21)17(2)3;1-2/h9-16H,2,4-8H2,1,3H3;1-2H3. The van der Waals surface area contributed by atoms with Crippen LogP contribution in [0.1, 0.15) is 64.5 Å². The van der Waals surface area contributed by atoms with Crippen molar-refractivity contribution in [2.45, 2.75) is 59.8 Å². The summed E-state index contributed by atoms with van der Waals surface area (Å²) in [5.41, 5.74) is 6.35. The minimum absolute atomic E-state index is 1.11. The summed E-state index contributed by atoms with van der Waals surface area (Å²) in [6.07, 6.45) is 6.52. The number of hydrogen-bond donors (Lipinski definition) is 0. The van der Waals surface area contributed by atoms with Crippen molar-refractivity contribution in [1.29, 1.82) is 0 Å². The van der Waals surface area contributed by atoms with Crippen molar-refractivity contribution in [3.63, 3.8) is 0 Å². The number of unbranched alkanes of at least 4 members (excludes halogenated alkanes) is 3. The van der Waals surface area contributed by atoms with Crippen molar-refractivity contribution >= 4 is 5.57 Å². The minimum atomic E-state index is 1.11. The number of aryl methyl sites for hydroxylation is 1. The maximum atomic E-state index is 3.98. The van der Waals surface area contributed by atoms with E-state index in [-0.39, 0.29) is 0 Å². The average Bonchev–Trinajstić information content (AvgIpc) is 2.61. The van der Waals surface area contributed by atoms with E-state index in [1.807, 2.05) is 20.8 Å². The topological polar surface area (TPSA) is 0 Å². The Morgan fingerprint density at radius 1 is 0.783 bits per heavy atom. The molecule has 0 bridgehead atoms. The third-order valence-electron chi connectivity index (χ3n) is 3.98. The van der Waals surface area contributed by atoms with Gasteiger partial charge in [0.2, 0.25) is 0 Å². The maximum Gasteiger partial charge on any atom is -0.0184 e. The summed E-state index contributed by atoms with van der Waals surface area (Å²) in [5.74, 6) is 0. The van der Waals surface area contributed by atoms with Crippen LogP contribution < -0.4 is 0 Å². The second kappa shape index (κ2) is 10.8. The van der Waals surface area contributed by atoms with Crippen molar-refractivity contribution in [3.8, 4) is 11.1 Å². The molecule has 23 heavy (non-hydrogen) atoms. The van der Waals surface area contributed by atoms with Crippen LogP contribution in [0.15, 0.2) is 55.1 Å². The van der Waals surface area contributed by atoms with Crippen molar-refractivity contribution in [3.05, 3.63) is 66.2 Å². The summed E-state index contributed by atoms with van der Waals surface area (Å²) in [6, 6.07) is 17.7. The van der Waals surface area contributed by atoms with Crippen LogP contribution in [0, 0.1) is 0 Å². The Kier molecular flexibility index (Phi) is 9.05. The largest absolute Gasteiger partial charge is 0.0955 e. The lowest BCUT2D eigenvalue weighted by Crippen LogP contribution is -1.86. The number of benzene rings is 2. The van der Waals surface area contributed by atoms with E-state index in [1.165, 1.54) is 54.4 Å². The Bertz CT molecular complexity index is 558. The molecule has 0 fully saturated rings. The summed E-state index contributed by atoms with van der Waals surface area (Å²) < 4.78 is 0. The summed E-state index contributed by atoms with van der Waals surface area (Å²) in [5, 5.41) is 0. The van der Waals surface area contributed by atoms with E-state index in [2.05, 4.69) is 62.0 Å². The van der Waals surface area contributed by atoms with Crippen LogP contribution in [0.3, 0.4) is 0 Å². The lowest BCUT2D eigenvalue weighted by molar-refractivity contribution is 0.667. The molecule has 2 aromatic carbocycles. The van der Waals surface area contributed by atoms with Gasteiger partial charge in [0, 0.05) is 0 Å². The molecule has 124 valence electrons. The van der Waals surface area contributed by atoms with Gasteiger partial charge in [-0.2, -0.15) is 0 Å². The van der Waals surface area contributed by atoms with Crippen LogP contribution in [-0.4, -0.2) is 0 Å². The van der Waals surface area contributed by atoms with Crippen molar-refractivity contribution < 1.29 is 0 Å². The second-order valence-electron chi connectivity index (χ2n) is 5.87. The quantitative estimate of drug-likeness (QED) is 0.463. The molecule has 0 aliphatic carbocycles. The third kappa shape index (κ3) is 6.44. The van der Waals surface area contributed by atoms with Crippen LogP contribution in [0.25, 0.3) is 16.7 Å². The minimum Gasteiger partial charge on any atom is -0.0955 e. The molecule has 0 aromatic heterocycles. The Morgan fingerprint density at radius 3 is 1.78 bits per heavy atom. The molecule has 0 spiro atoms. The molecular formula is C23H32. The van der Waals surface area contributed by atoms with Gasteiger partial charge >= 0.3 is 0 Å². The van der Waals surface area contributed by atoms with Gasteiger partial charge in [-0.1, -0.05) is 101 Å². The fourth-order valence-corrected chi connectivity index (χ4v) is 2.57. The summed E-state index contributed by atoms with van der Waals surface area (Å²) in [7, 11) is 0. The lowest BCUT2D eigenvalue weighted by Gasteiger charge is -2.06. The molecule has 0 radical (unpaired) electrons. The first-order valence-corrected chi connectivity index (χ1v) is 9.06. The van der Waals surface area contributed by atoms with Gasteiger partial charge in [0.25, 0.3) is 0 Å². The Hall–Kier alpha value is -1.82. The third-order valence-corrected chi connectivity index (χ3v) is 3.98. The summed E-state index contributed by atoms with van der Waals surface area (Å²) in [4.78, 5) is 0. The molecule has 0 amide bonds. The van der Waals surface area contributed by atoms with Gasteiger partial charge in [0.1, 0.15) is 0 Å². The molecule has 0 saturated heterocycles. The van der Waals surface area contributed by atoms with Crippen LogP contribution in [0.2, 0.25) is 0 Å². The van der Waals surface area contributed by atoms with E-state index in [9.17, 15) is 0 Å². The van der Waals surface area contributed by atoms with E-state index in [0.29, 0.717) is 0 Å². The van der Waals surface area contributed by atoms with E-state index in [4.69, 9.17) is 0 Å². The monoisotopic (exact) mass is 308 g/mol. The lowest BCUT2D eigenvalue weighted by atomic mass is 9.99. The average molecular weight is 309 g/mol. The highest BCUT2D eigenvalue weighted by Gasteiger charge is 2.00. The Labute approximate surface area is 143 Å². The van der Waals surface area contributed by atoms with E-state index in [0.717, 1.165) is 5.57 Å². The van der Waals surface area contributed by atoms with E-state index >= 15 is 0 Å². The molecular weight excluding hydrogens is 276 g/mol. The van der Waals surface area contributed by atoms with Gasteiger partial charge in [-0.15, -0.1) is 0 Å². The van der Waals surface area contributed by atoms with Gasteiger partial charge in [0.05, 0.1) is 0 Å². The highest BCUT2D eigenvalue weighted by molar-refractivity contribution is 5.68. The zero-order chi connectivity index (χ0) is 17.1. The van der Waals surface area contributed by atoms with E-state index < -0.39 is 0 Å². The van der Waals surface area contributed by atoms with Gasteiger partial charge < -0.3 is 0 Å². The molecule has 0 atom stereocenters. The second-order valence-corrected chi connectivity index (χ2v) is 5.87. The number of hydrogen-bond acceptors (Lipinski definition) is 0. The van der Waals surface area contributed by atoms with Crippen LogP contribution in [0.4, 0.5) is 0 Å². The van der Waals surface area contributed by atoms with Crippen LogP contribution >= 0.6 is 0 Å². The predicted molar refractivity (Wildman–Crippen MR) is 106 cm³/mol. The summed E-state index contributed by atoms with van der Waals surface area (Å²) in [6.45, 7) is 12.3. The Morgan fingerprint density at radius 2 is 1.30 bits per heavy atom. The fourth-order valence-electron chi connectivity index (χ4n) is 2.57. The smallest absolute Gasteiger partial charge is 0.0184 e. The fraction of sp³-hybridized carbons (Fsp3) is 0.391. The SMILES string of the molecule is C=C(C)c1ccc(-c2ccc(CCCCCC)cc2)cc1.CC. The zero-order valence-electron chi connectivity index (χ0n) is 15.4. The maximum absolute atomic E-state index is 3.98. The van der Waals surface area contributed by atoms with Crippen molar-refractivity contribution in [1.82, 2.24) is 0 Å². The van der Waals surface area contributed by atoms with Crippen molar-refractivity contribution in [2.24, 2.45) is 0 Å². The number of allylic oxidation sites excluding steroid dienone is 1. The van der Waals surface area contributed by atoms with Crippen LogP contribution in [-0.2, 0) is 6.42 Å². The molecule has 0 heterocycles. The Balaban J connectivity index is 0.00000127. The number of rotatable bonds is 7. The molecule has 2 rings (SSSR count). The zero-order valence-corrected chi connectivity index (χ0v) is 15.4.